The van der Waals surface area contributed by atoms with Gasteiger partial charge in [0.05, 0.1) is 5.69 Å². The number of rotatable bonds is 1. The summed E-state index contributed by atoms with van der Waals surface area (Å²) in [6.07, 6.45) is 2.59. The molecule has 0 saturated heterocycles. The second-order valence-corrected chi connectivity index (χ2v) is 1.70. The Hall–Kier alpha value is -0.920. The molecule has 2 heteroatoms. The molecule has 0 bridgehead atoms. The summed E-state index contributed by atoms with van der Waals surface area (Å²) in [6.45, 7) is 1.99. The summed E-state index contributed by atoms with van der Waals surface area (Å²) in [5.41, 5.74) is 0.907. The van der Waals surface area contributed by atoms with Crippen molar-refractivity contribution in [2.24, 2.45) is 0 Å². The van der Waals surface area contributed by atoms with E-state index in [4.69, 9.17) is 5.11 Å². The fourth-order valence-corrected chi connectivity index (χ4v) is 0.679. The van der Waals surface area contributed by atoms with Crippen molar-refractivity contribution >= 4 is 0 Å². The lowest BCUT2D eigenvalue weighted by Gasteiger charge is -1.88. The van der Waals surface area contributed by atoms with Gasteiger partial charge in [-0.2, -0.15) is 0 Å². The van der Waals surface area contributed by atoms with E-state index in [-0.39, 0.29) is 0 Å². The Kier molecular flexibility index (Phi) is 1.24. The maximum atomic E-state index is 8.92. The van der Waals surface area contributed by atoms with Gasteiger partial charge in [0.15, 0.2) is 0 Å². The lowest BCUT2D eigenvalue weighted by molar-refractivity contribution is 0.469. The minimum Gasteiger partial charge on any atom is -0.506 e. The molecule has 1 heterocycles. The molecule has 2 N–H and O–H groups in total. The normalized spacial score (nSPS) is 9.62. The lowest BCUT2D eigenvalue weighted by Crippen LogP contribution is -1.76. The van der Waals surface area contributed by atoms with Crippen LogP contribution in [0.5, 0.6) is 5.75 Å². The van der Waals surface area contributed by atoms with Gasteiger partial charge in [-0.3, -0.25) is 0 Å². The number of aromatic nitrogens is 1. The maximum absolute atomic E-state index is 8.92. The van der Waals surface area contributed by atoms with Crippen molar-refractivity contribution < 1.29 is 5.11 Å². The Morgan fingerprint density at radius 2 is 2.50 bits per heavy atom. The summed E-state index contributed by atoms with van der Waals surface area (Å²) < 4.78 is 0. The van der Waals surface area contributed by atoms with Gasteiger partial charge in [-0.05, 0) is 12.5 Å². The predicted octanol–water partition coefficient (Wildman–Crippen LogP) is 1.28. The lowest BCUT2D eigenvalue weighted by atomic mass is 10.3. The molecule has 0 saturated carbocycles. The van der Waals surface area contributed by atoms with Crippen molar-refractivity contribution in [2.75, 3.05) is 0 Å². The Bertz CT molecular complexity index is 169. The van der Waals surface area contributed by atoms with Crippen molar-refractivity contribution in [2.45, 2.75) is 13.3 Å². The van der Waals surface area contributed by atoms with E-state index in [1.165, 1.54) is 0 Å². The molecule has 8 heavy (non-hydrogen) atoms. The van der Waals surface area contributed by atoms with E-state index < -0.39 is 0 Å². The highest BCUT2D eigenvalue weighted by Gasteiger charge is 1.94. The molecular formula is C6H9NO. The van der Waals surface area contributed by atoms with Gasteiger partial charge in [-0.15, -0.1) is 0 Å². The molecule has 0 aromatic carbocycles. The van der Waals surface area contributed by atoms with Gasteiger partial charge in [0, 0.05) is 6.20 Å². The second kappa shape index (κ2) is 1.90. The van der Waals surface area contributed by atoms with E-state index in [1.807, 2.05) is 6.92 Å². The molecule has 44 valence electrons. The summed E-state index contributed by atoms with van der Waals surface area (Å²) >= 11 is 0. The number of aryl methyl sites for hydroxylation is 1. The largest absolute Gasteiger partial charge is 0.506 e. The van der Waals surface area contributed by atoms with Gasteiger partial charge in [-0.1, -0.05) is 6.92 Å². The molecule has 1 rings (SSSR count). The van der Waals surface area contributed by atoms with Crippen LogP contribution in [0.1, 0.15) is 12.6 Å². The molecule has 1 aromatic heterocycles. The Morgan fingerprint density at radius 1 is 1.75 bits per heavy atom. The van der Waals surface area contributed by atoms with Gasteiger partial charge in [0.25, 0.3) is 0 Å². The molecule has 0 amide bonds. The fraction of sp³-hybridized carbons (Fsp3) is 0.333. The van der Waals surface area contributed by atoms with Crippen molar-refractivity contribution in [3.63, 3.8) is 0 Å². The highest BCUT2D eigenvalue weighted by atomic mass is 16.3. The standard InChI is InChI=1S/C6H9NO/c1-2-5-6(8)3-4-7-5/h3-4,7-8H,2H2,1H3. The monoisotopic (exact) mass is 111 g/mol. The van der Waals surface area contributed by atoms with Crippen molar-refractivity contribution in [3.8, 4) is 5.75 Å². The third kappa shape index (κ3) is 0.689. The van der Waals surface area contributed by atoms with E-state index in [0.29, 0.717) is 5.75 Å². The van der Waals surface area contributed by atoms with Crippen molar-refractivity contribution in [1.82, 2.24) is 4.98 Å². The van der Waals surface area contributed by atoms with Crippen LogP contribution >= 0.6 is 0 Å². The van der Waals surface area contributed by atoms with Crippen LogP contribution in [0.4, 0.5) is 0 Å². The highest BCUT2D eigenvalue weighted by molar-refractivity contribution is 5.25. The van der Waals surface area contributed by atoms with Crippen molar-refractivity contribution in [3.05, 3.63) is 18.0 Å². The summed E-state index contributed by atoms with van der Waals surface area (Å²) in [5, 5.41) is 8.92. The zero-order valence-corrected chi connectivity index (χ0v) is 4.81. The first kappa shape index (κ1) is 5.22. The van der Waals surface area contributed by atoms with Crippen LogP contribution in [0.15, 0.2) is 12.3 Å². The Morgan fingerprint density at radius 3 is 2.75 bits per heavy atom. The summed E-state index contributed by atoms with van der Waals surface area (Å²) in [6, 6.07) is 1.65. The number of hydrogen-bond acceptors (Lipinski definition) is 1. The quantitative estimate of drug-likeness (QED) is 0.562. The van der Waals surface area contributed by atoms with Crippen LogP contribution in [0.25, 0.3) is 0 Å². The van der Waals surface area contributed by atoms with Gasteiger partial charge in [0.2, 0.25) is 0 Å². The minimum absolute atomic E-state index is 0.368. The molecule has 0 aliphatic rings. The zero-order chi connectivity index (χ0) is 5.98. The molecule has 1 aromatic rings. The first-order valence-corrected chi connectivity index (χ1v) is 2.69. The van der Waals surface area contributed by atoms with Crippen molar-refractivity contribution in [1.29, 1.82) is 0 Å². The first-order valence-electron chi connectivity index (χ1n) is 2.69. The van der Waals surface area contributed by atoms with Gasteiger partial charge >= 0.3 is 0 Å². The van der Waals surface area contributed by atoms with E-state index in [2.05, 4.69) is 4.98 Å². The zero-order valence-electron chi connectivity index (χ0n) is 4.81. The van der Waals surface area contributed by atoms with Crippen LogP contribution in [-0.4, -0.2) is 10.1 Å². The third-order valence-corrected chi connectivity index (χ3v) is 1.16. The summed E-state index contributed by atoms with van der Waals surface area (Å²) in [4.78, 5) is 2.91. The molecule has 0 spiro atoms. The fourth-order valence-electron chi connectivity index (χ4n) is 0.679. The Balaban J connectivity index is 2.92. The molecule has 0 fully saturated rings. The van der Waals surface area contributed by atoms with E-state index in [0.717, 1.165) is 12.1 Å². The van der Waals surface area contributed by atoms with E-state index >= 15 is 0 Å². The van der Waals surface area contributed by atoms with Gasteiger partial charge < -0.3 is 10.1 Å². The molecule has 0 radical (unpaired) electrons. The number of aromatic hydroxyl groups is 1. The van der Waals surface area contributed by atoms with Gasteiger partial charge in [-0.25, -0.2) is 0 Å². The van der Waals surface area contributed by atoms with Crippen LogP contribution in [0.3, 0.4) is 0 Å². The SMILES string of the molecule is CCc1[nH]ccc1O. The van der Waals surface area contributed by atoms with Crippen LogP contribution < -0.4 is 0 Å². The number of hydrogen-bond donors (Lipinski definition) is 2. The predicted molar refractivity (Wildman–Crippen MR) is 31.8 cm³/mol. The molecular weight excluding hydrogens is 102 g/mol. The minimum atomic E-state index is 0.368. The van der Waals surface area contributed by atoms with Crippen LogP contribution in [-0.2, 0) is 6.42 Å². The summed E-state index contributed by atoms with van der Waals surface area (Å²) in [5.74, 6) is 0.368. The first-order chi connectivity index (χ1) is 3.84. The smallest absolute Gasteiger partial charge is 0.136 e. The van der Waals surface area contributed by atoms with Gasteiger partial charge in [0.1, 0.15) is 5.75 Å². The number of H-pyrrole nitrogens is 1. The summed E-state index contributed by atoms with van der Waals surface area (Å²) in [7, 11) is 0. The van der Waals surface area contributed by atoms with Crippen LogP contribution in [0.2, 0.25) is 0 Å². The maximum Gasteiger partial charge on any atom is 0.136 e. The second-order valence-electron chi connectivity index (χ2n) is 1.70. The van der Waals surface area contributed by atoms with Crippen LogP contribution in [0, 0.1) is 0 Å². The van der Waals surface area contributed by atoms with E-state index in [9.17, 15) is 0 Å². The average molecular weight is 111 g/mol. The molecule has 0 atom stereocenters. The number of aromatic amines is 1. The highest BCUT2D eigenvalue weighted by Crippen LogP contribution is 2.13. The Labute approximate surface area is 48.2 Å². The molecule has 2 nitrogen and oxygen atoms in total. The number of nitrogens with one attached hydrogen (secondary N) is 1. The third-order valence-electron chi connectivity index (χ3n) is 1.16. The molecule has 0 aliphatic carbocycles. The average Bonchev–Trinajstić information content (AvgIpc) is 2.14. The topological polar surface area (TPSA) is 36.0 Å². The van der Waals surface area contributed by atoms with E-state index in [1.54, 1.807) is 12.3 Å². The molecule has 0 aliphatic heterocycles. The molecule has 0 unspecified atom stereocenters.